The van der Waals surface area contributed by atoms with Gasteiger partial charge in [-0.05, 0) is 25.3 Å². The van der Waals surface area contributed by atoms with Gasteiger partial charge in [-0.3, -0.25) is 0 Å². The lowest BCUT2D eigenvalue weighted by Crippen LogP contribution is -1.89. The molecule has 12 heavy (non-hydrogen) atoms. The van der Waals surface area contributed by atoms with Crippen LogP contribution in [0.4, 0.5) is 0 Å². The van der Waals surface area contributed by atoms with Gasteiger partial charge in [-0.25, -0.2) is 0 Å². The van der Waals surface area contributed by atoms with Crippen LogP contribution in [0.5, 0.6) is 0 Å². The van der Waals surface area contributed by atoms with E-state index in [1.54, 1.807) is 14.2 Å². The van der Waals surface area contributed by atoms with Crippen LogP contribution in [-0.2, 0) is 9.47 Å². The maximum atomic E-state index is 5.19. The van der Waals surface area contributed by atoms with E-state index in [-0.39, 0.29) is 0 Å². The summed E-state index contributed by atoms with van der Waals surface area (Å²) in [7, 11) is 3.46. The lowest BCUT2D eigenvalue weighted by molar-refractivity contribution is 0.195. The summed E-state index contributed by atoms with van der Waals surface area (Å²) >= 11 is 0. The van der Waals surface area contributed by atoms with Gasteiger partial charge >= 0.3 is 0 Å². The average Bonchev–Trinajstić information content (AvgIpc) is 2.10. The van der Waals surface area contributed by atoms with Crippen LogP contribution in [0, 0.1) is 0 Å². The molecular weight excluding hydrogens is 152 g/mol. The van der Waals surface area contributed by atoms with E-state index in [0.717, 1.165) is 38.0 Å². The Labute approximate surface area is 75.6 Å². The monoisotopic (exact) mass is 172 g/mol. The van der Waals surface area contributed by atoms with Crippen LogP contribution < -0.4 is 0 Å². The fourth-order valence-electron chi connectivity index (χ4n) is 1.02. The Hall–Kier alpha value is -0.500. The number of ether oxygens (including phenoxy) is 2. The smallest absolute Gasteiger partial charge is 0.0915 e. The molecule has 0 unspecified atom stereocenters. The van der Waals surface area contributed by atoms with Gasteiger partial charge in [0.25, 0.3) is 0 Å². The summed E-state index contributed by atoms with van der Waals surface area (Å²) in [6.07, 6.45) is 6.47. The second-order valence-corrected chi connectivity index (χ2v) is 2.76. The summed E-state index contributed by atoms with van der Waals surface area (Å²) in [6, 6.07) is 0. The van der Waals surface area contributed by atoms with Crippen molar-refractivity contribution in [2.24, 2.45) is 0 Å². The van der Waals surface area contributed by atoms with Crippen molar-refractivity contribution in [2.45, 2.75) is 32.6 Å². The van der Waals surface area contributed by atoms with Gasteiger partial charge in [0, 0.05) is 20.1 Å². The predicted molar refractivity (Wildman–Crippen MR) is 51.1 cm³/mol. The highest BCUT2D eigenvalue weighted by Crippen LogP contribution is 2.07. The first-order valence-electron chi connectivity index (χ1n) is 4.57. The van der Waals surface area contributed by atoms with Crippen LogP contribution in [-0.4, -0.2) is 20.8 Å². The molecule has 0 heterocycles. The molecule has 0 fully saturated rings. The van der Waals surface area contributed by atoms with Crippen molar-refractivity contribution in [3.05, 3.63) is 11.8 Å². The van der Waals surface area contributed by atoms with E-state index in [1.165, 1.54) is 0 Å². The van der Waals surface area contributed by atoms with Crippen molar-refractivity contribution in [1.29, 1.82) is 0 Å². The maximum absolute atomic E-state index is 5.19. The van der Waals surface area contributed by atoms with Gasteiger partial charge in [-0.15, -0.1) is 0 Å². The Morgan fingerprint density at radius 2 is 2.08 bits per heavy atom. The minimum atomic E-state index is 0.833. The predicted octanol–water partition coefficient (Wildman–Crippen LogP) is 2.74. The molecule has 0 radical (unpaired) electrons. The first kappa shape index (κ1) is 11.5. The molecule has 0 aliphatic heterocycles. The van der Waals surface area contributed by atoms with E-state index in [9.17, 15) is 0 Å². The fourth-order valence-corrected chi connectivity index (χ4v) is 1.02. The van der Waals surface area contributed by atoms with Gasteiger partial charge in [0.05, 0.1) is 12.9 Å². The molecule has 0 aromatic rings. The Bertz CT molecular complexity index is 119. The third kappa shape index (κ3) is 6.23. The molecule has 0 aliphatic rings. The molecule has 0 amide bonds. The second-order valence-electron chi connectivity index (χ2n) is 2.76. The molecule has 0 bridgehead atoms. The summed E-state index contributed by atoms with van der Waals surface area (Å²) in [5, 5.41) is 0. The van der Waals surface area contributed by atoms with E-state index >= 15 is 0 Å². The van der Waals surface area contributed by atoms with E-state index in [0.29, 0.717) is 0 Å². The van der Waals surface area contributed by atoms with Crippen molar-refractivity contribution in [1.82, 2.24) is 0 Å². The van der Waals surface area contributed by atoms with Crippen molar-refractivity contribution in [3.63, 3.8) is 0 Å². The van der Waals surface area contributed by atoms with Gasteiger partial charge in [-0.1, -0.05) is 6.92 Å². The van der Waals surface area contributed by atoms with Crippen LogP contribution in [0.2, 0.25) is 0 Å². The molecular formula is C10H20O2. The van der Waals surface area contributed by atoms with Crippen LogP contribution in [0.3, 0.4) is 0 Å². The summed E-state index contributed by atoms with van der Waals surface area (Å²) in [5.41, 5.74) is 0. The highest BCUT2D eigenvalue weighted by Gasteiger charge is 1.92. The summed E-state index contributed by atoms with van der Waals surface area (Å²) in [5.74, 6) is 1.11. The van der Waals surface area contributed by atoms with Crippen molar-refractivity contribution < 1.29 is 9.47 Å². The summed E-state index contributed by atoms with van der Waals surface area (Å²) in [4.78, 5) is 0. The molecule has 0 rings (SSSR count). The second kappa shape index (κ2) is 8.60. The molecule has 2 heteroatoms. The lowest BCUT2D eigenvalue weighted by atomic mass is 10.2. The van der Waals surface area contributed by atoms with E-state index in [1.807, 2.05) is 0 Å². The Kier molecular flexibility index (Phi) is 8.24. The number of unbranched alkanes of at least 4 members (excludes halogenated alkanes) is 1. The number of hydrogen-bond acceptors (Lipinski definition) is 2. The van der Waals surface area contributed by atoms with Crippen LogP contribution in [0.1, 0.15) is 32.6 Å². The first-order valence-corrected chi connectivity index (χ1v) is 4.57. The van der Waals surface area contributed by atoms with Gasteiger partial charge in [0.15, 0.2) is 0 Å². The fraction of sp³-hybridized carbons (Fsp3) is 0.800. The minimum Gasteiger partial charge on any atom is -0.501 e. The molecule has 0 aromatic heterocycles. The molecule has 0 aromatic carbocycles. The van der Waals surface area contributed by atoms with Crippen molar-refractivity contribution in [3.8, 4) is 0 Å². The third-order valence-electron chi connectivity index (χ3n) is 1.68. The Morgan fingerprint density at radius 3 is 2.58 bits per heavy atom. The normalized spacial score (nSPS) is 11.8. The Balaban J connectivity index is 3.48. The number of allylic oxidation sites excluding steroid dienone is 2. The minimum absolute atomic E-state index is 0.833. The molecule has 0 spiro atoms. The number of rotatable bonds is 7. The third-order valence-corrected chi connectivity index (χ3v) is 1.68. The molecule has 0 saturated carbocycles. The van der Waals surface area contributed by atoms with Gasteiger partial charge in [0.1, 0.15) is 0 Å². The van der Waals surface area contributed by atoms with Crippen LogP contribution in [0.25, 0.3) is 0 Å². The van der Waals surface area contributed by atoms with Gasteiger partial charge in [-0.2, -0.15) is 0 Å². The van der Waals surface area contributed by atoms with Crippen molar-refractivity contribution >= 4 is 0 Å². The molecule has 0 aliphatic carbocycles. The summed E-state index contributed by atoms with van der Waals surface area (Å²) in [6.45, 7) is 2.99. The standard InChI is InChI=1S/C10H20O2/c1-4-7-10(12-3)8-5-6-9-11-2/h8H,4-7,9H2,1-3H3/b10-8+. The molecule has 0 N–H and O–H groups in total. The van der Waals surface area contributed by atoms with Crippen molar-refractivity contribution in [2.75, 3.05) is 20.8 Å². The van der Waals surface area contributed by atoms with E-state index in [2.05, 4.69) is 13.0 Å². The molecule has 72 valence electrons. The SMILES string of the molecule is CCC/C(=C\CCCOC)OC. The largest absolute Gasteiger partial charge is 0.501 e. The molecule has 0 atom stereocenters. The highest BCUT2D eigenvalue weighted by molar-refractivity contribution is 4.92. The topological polar surface area (TPSA) is 18.5 Å². The van der Waals surface area contributed by atoms with Gasteiger partial charge in [0.2, 0.25) is 0 Å². The zero-order valence-corrected chi connectivity index (χ0v) is 8.43. The molecule has 2 nitrogen and oxygen atoms in total. The number of hydrogen-bond donors (Lipinski definition) is 0. The van der Waals surface area contributed by atoms with Crippen LogP contribution in [0.15, 0.2) is 11.8 Å². The molecule has 0 saturated heterocycles. The first-order chi connectivity index (χ1) is 5.85. The zero-order chi connectivity index (χ0) is 9.23. The van der Waals surface area contributed by atoms with Gasteiger partial charge < -0.3 is 9.47 Å². The highest BCUT2D eigenvalue weighted by atomic mass is 16.5. The Morgan fingerprint density at radius 1 is 1.33 bits per heavy atom. The number of methoxy groups -OCH3 is 2. The van der Waals surface area contributed by atoms with Crippen LogP contribution >= 0.6 is 0 Å². The summed E-state index contributed by atoms with van der Waals surface area (Å²) < 4.78 is 10.1. The zero-order valence-electron chi connectivity index (χ0n) is 8.43. The lowest BCUT2D eigenvalue weighted by Gasteiger charge is -2.03. The average molecular weight is 172 g/mol. The van der Waals surface area contributed by atoms with E-state index in [4.69, 9.17) is 9.47 Å². The maximum Gasteiger partial charge on any atom is 0.0915 e. The van der Waals surface area contributed by atoms with E-state index < -0.39 is 0 Å². The quantitative estimate of drug-likeness (QED) is 0.434.